The molecule has 3 nitrogen and oxygen atoms in total. The van der Waals surface area contributed by atoms with Crippen LogP contribution in [0.1, 0.15) is 23.6 Å². The molecule has 2 heterocycles. The van der Waals surface area contributed by atoms with Crippen LogP contribution in [0, 0.1) is 0 Å². The van der Waals surface area contributed by atoms with Crippen LogP contribution in [-0.4, -0.2) is 31.2 Å². The Morgan fingerprint density at radius 3 is 1.95 bits per heavy atom. The van der Waals surface area contributed by atoms with Gasteiger partial charge < -0.3 is 9.80 Å². The van der Waals surface area contributed by atoms with E-state index in [1.54, 1.807) is 9.80 Å². The highest BCUT2D eigenvalue weighted by molar-refractivity contribution is 5.21. The van der Waals surface area contributed by atoms with Crippen molar-refractivity contribution in [1.29, 1.82) is 0 Å². The molecule has 116 valence electrons. The van der Waals surface area contributed by atoms with E-state index in [4.69, 9.17) is 0 Å². The van der Waals surface area contributed by atoms with Crippen LogP contribution in [0.25, 0.3) is 0 Å². The van der Waals surface area contributed by atoms with Crippen molar-refractivity contribution in [3.05, 3.63) is 65.5 Å². The molecule has 22 heavy (non-hydrogen) atoms. The van der Waals surface area contributed by atoms with Gasteiger partial charge in [0.1, 0.15) is 39.3 Å². The second-order valence-corrected chi connectivity index (χ2v) is 6.38. The molecule has 1 aromatic heterocycles. The Bertz CT molecular complexity index is 557. The maximum absolute atomic E-state index is 4.22. The van der Waals surface area contributed by atoms with Crippen LogP contribution in [0.4, 0.5) is 0 Å². The van der Waals surface area contributed by atoms with E-state index < -0.39 is 0 Å². The van der Waals surface area contributed by atoms with E-state index in [9.17, 15) is 0 Å². The monoisotopic (exact) mass is 297 g/mol. The number of aryl methyl sites for hydroxylation is 1. The molecule has 1 fully saturated rings. The Balaban J connectivity index is 1.47. The molecule has 1 aromatic carbocycles. The summed E-state index contributed by atoms with van der Waals surface area (Å²) >= 11 is 0. The molecule has 0 spiro atoms. The maximum Gasteiger partial charge on any atom is 0.127 e. The van der Waals surface area contributed by atoms with Crippen LogP contribution in [-0.2, 0) is 19.5 Å². The van der Waals surface area contributed by atoms with Crippen LogP contribution >= 0.6 is 0 Å². The summed E-state index contributed by atoms with van der Waals surface area (Å²) in [6, 6.07) is 13.4. The SMILES string of the molecule is CCc1ccc(C[NH+]2CC[NH+](Cc3cccnc3)CC2)cc1. The first kappa shape index (κ1) is 15.2. The van der Waals surface area contributed by atoms with Crippen molar-refractivity contribution in [2.45, 2.75) is 26.4 Å². The van der Waals surface area contributed by atoms with Crippen molar-refractivity contribution in [3.8, 4) is 0 Å². The quantitative estimate of drug-likeness (QED) is 0.804. The Kier molecular flexibility index (Phi) is 5.20. The highest BCUT2D eigenvalue weighted by Crippen LogP contribution is 2.03. The summed E-state index contributed by atoms with van der Waals surface area (Å²) in [6.07, 6.45) is 4.98. The van der Waals surface area contributed by atoms with Crippen LogP contribution < -0.4 is 9.80 Å². The molecule has 0 saturated carbocycles. The third kappa shape index (κ3) is 4.15. The molecule has 0 bridgehead atoms. The largest absolute Gasteiger partial charge is 0.322 e. The number of hydrogen-bond donors (Lipinski definition) is 2. The maximum atomic E-state index is 4.22. The summed E-state index contributed by atoms with van der Waals surface area (Å²) in [5, 5.41) is 0. The molecule has 2 aromatic rings. The van der Waals surface area contributed by atoms with Crippen LogP contribution in [0.3, 0.4) is 0 Å². The first-order valence-corrected chi connectivity index (χ1v) is 8.47. The summed E-state index contributed by atoms with van der Waals surface area (Å²) in [4.78, 5) is 7.63. The molecule has 1 saturated heterocycles. The minimum Gasteiger partial charge on any atom is -0.322 e. The highest BCUT2D eigenvalue weighted by Gasteiger charge is 2.23. The summed E-state index contributed by atoms with van der Waals surface area (Å²) < 4.78 is 0. The molecule has 0 radical (unpaired) electrons. The lowest BCUT2D eigenvalue weighted by molar-refractivity contribution is -1.02. The molecule has 0 aliphatic carbocycles. The van der Waals surface area contributed by atoms with Crippen LogP contribution in [0.5, 0.6) is 0 Å². The van der Waals surface area contributed by atoms with Crippen LogP contribution in [0.15, 0.2) is 48.8 Å². The van der Waals surface area contributed by atoms with Gasteiger partial charge in [-0.15, -0.1) is 0 Å². The third-order valence-electron chi connectivity index (χ3n) is 4.73. The molecule has 0 amide bonds. The predicted molar refractivity (Wildman–Crippen MR) is 88.9 cm³/mol. The fourth-order valence-electron chi connectivity index (χ4n) is 3.28. The van der Waals surface area contributed by atoms with E-state index in [1.807, 2.05) is 18.5 Å². The van der Waals surface area contributed by atoms with Gasteiger partial charge in [0.2, 0.25) is 0 Å². The lowest BCUT2D eigenvalue weighted by atomic mass is 10.1. The molecule has 1 aliphatic heterocycles. The normalized spacial score (nSPS) is 21.7. The predicted octanol–water partition coefficient (Wildman–Crippen LogP) is 0.128. The molecular weight excluding hydrogens is 270 g/mol. The lowest BCUT2D eigenvalue weighted by Gasteiger charge is -2.29. The minimum atomic E-state index is 1.12. The number of aromatic nitrogens is 1. The van der Waals surface area contributed by atoms with Gasteiger partial charge in [-0.3, -0.25) is 4.98 Å². The summed E-state index contributed by atoms with van der Waals surface area (Å²) in [5.74, 6) is 0. The first-order chi connectivity index (χ1) is 10.8. The number of nitrogens with zero attached hydrogens (tertiary/aromatic N) is 1. The molecule has 0 unspecified atom stereocenters. The summed E-state index contributed by atoms with van der Waals surface area (Å²) in [6.45, 7) is 9.56. The fourth-order valence-corrected chi connectivity index (χ4v) is 3.28. The number of quaternary nitrogens is 2. The third-order valence-corrected chi connectivity index (χ3v) is 4.73. The Hall–Kier alpha value is -1.71. The van der Waals surface area contributed by atoms with Gasteiger partial charge in [0.05, 0.1) is 0 Å². The molecular formula is C19H27N3+2. The number of rotatable bonds is 5. The van der Waals surface area contributed by atoms with Gasteiger partial charge in [-0.2, -0.15) is 0 Å². The minimum absolute atomic E-state index is 1.12. The number of pyridine rings is 1. The van der Waals surface area contributed by atoms with Crippen LogP contribution in [0.2, 0.25) is 0 Å². The molecule has 1 aliphatic rings. The average Bonchev–Trinajstić information content (AvgIpc) is 2.58. The smallest absolute Gasteiger partial charge is 0.127 e. The van der Waals surface area contributed by atoms with Gasteiger partial charge in [-0.1, -0.05) is 37.3 Å². The number of nitrogens with one attached hydrogen (secondary N) is 2. The Morgan fingerprint density at radius 1 is 0.818 bits per heavy atom. The molecule has 0 atom stereocenters. The zero-order valence-corrected chi connectivity index (χ0v) is 13.5. The molecule has 2 N–H and O–H groups in total. The van der Waals surface area contributed by atoms with Crippen molar-refractivity contribution >= 4 is 0 Å². The van der Waals surface area contributed by atoms with Gasteiger partial charge in [-0.05, 0) is 18.1 Å². The average molecular weight is 297 g/mol. The lowest BCUT2D eigenvalue weighted by Crippen LogP contribution is -3.27. The molecule has 3 heteroatoms. The number of piperazine rings is 1. The second kappa shape index (κ2) is 7.52. The van der Waals surface area contributed by atoms with Gasteiger partial charge in [0.15, 0.2) is 0 Å². The second-order valence-electron chi connectivity index (χ2n) is 6.38. The Labute approximate surface area is 133 Å². The zero-order chi connectivity index (χ0) is 15.2. The number of benzene rings is 1. The number of hydrogen-bond acceptors (Lipinski definition) is 1. The van der Waals surface area contributed by atoms with Gasteiger partial charge in [0.25, 0.3) is 0 Å². The standard InChI is InChI=1S/C19H25N3/c1-2-17-5-7-18(8-6-17)15-21-10-12-22(13-11-21)16-19-4-3-9-20-14-19/h3-9,14H,2,10-13,15-16H2,1H3/p+2. The van der Waals surface area contributed by atoms with E-state index in [-0.39, 0.29) is 0 Å². The zero-order valence-electron chi connectivity index (χ0n) is 13.5. The van der Waals surface area contributed by atoms with E-state index in [0.29, 0.717) is 0 Å². The van der Waals surface area contributed by atoms with Gasteiger partial charge in [-0.25, -0.2) is 0 Å². The van der Waals surface area contributed by atoms with Crippen molar-refractivity contribution < 1.29 is 9.80 Å². The summed E-state index contributed by atoms with van der Waals surface area (Å²) in [5.41, 5.74) is 4.27. The van der Waals surface area contributed by atoms with Crippen molar-refractivity contribution in [2.75, 3.05) is 26.2 Å². The topological polar surface area (TPSA) is 21.8 Å². The highest BCUT2D eigenvalue weighted by atomic mass is 15.3. The van der Waals surface area contributed by atoms with E-state index in [1.165, 1.54) is 49.4 Å². The van der Waals surface area contributed by atoms with Gasteiger partial charge in [0, 0.05) is 23.5 Å². The van der Waals surface area contributed by atoms with Crippen molar-refractivity contribution in [2.24, 2.45) is 0 Å². The van der Waals surface area contributed by atoms with E-state index in [2.05, 4.69) is 42.2 Å². The van der Waals surface area contributed by atoms with Crippen molar-refractivity contribution in [3.63, 3.8) is 0 Å². The van der Waals surface area contributed by atoms with Crippen molar-refractivity contribution in [1.82, 2.24) is 4.98 Å². The van der Waals surface area contributed by atoms with Gasteiger partial charge >= 0.3 is 0 Å². The fraction of sp³-hybridized carbons (Fsp3) is 0.421. The van der Waals surface area contributed by atoms with E-state index in [0.717, 1.165) is 13.0 Å². The first-order valence-electron chi connectivity index (χ1n) is 8.47. The Morgan fingerprint density at radius 2 is 1.41 bits per heavy atom. The molecule has 3 rings (SSSR count). The summed E-state index contributed by atoms with van der Waals surface area (Å²) in [7, 11) is 0. The van der Waals surface area contributed by atoms with E-state index >= 15 is 0 Å².